The minimum atomic E-state index is -0.134. The van der Waals surface area contributed by atoms with Crippen LogP contribution in [0.15, 0.2) is 12.1 Å². The van der Waals surface area contributed by atoms with Crippen molar-refractivity contribution in [2.24, 2.45) is 0 Å². The number of rotatable bonds is 6. The molecule has 1 aromatic rings. The summed E-state index contributed by atoms with van der Waals surface area (Å²) >= 11 is 6.15. The van der Waals surface area contributed by atoms with Gasteiger partial charge in [-0.1, -0.05) is 11.6 Å². The molecule has 1 fully saturated rings. The summed E-state index contributed by atoms with van der Waals surface area (Å²) in [5.41, 5.74) is 0.541. The molecule has 0 saturated carbocycles. The predicted molar refractivity (Wildman–Crippen MR) is 79.1 cm³/mol. The molecule has 1 unspecified atom stereocenters. The second-order valence-corrected chi connectivity index (χ2v) is 5.07. The van der Waals surface area contributed by atoms with Crippen LogP contribution in [0.1, 0.15) is 37.0 Å². The van der Waals surface area contributed by atoms with Crippen molar-refractivity contribution in [3.8, 4) is 11.5 Å². The Bertz CT molecular complexity index is 484. The standard InChI is InChI=1S/C15H20ClNO3/c1-3-19-13-9-11(16)14(20-4-2)8-10(13)15(18)12-6-5-7-17-12/h8-9,12,17H,3-7H2,1-2H3. The highest BCUT2D eigenvalue weighted by Crippen LogP contribution is 2.34. The van der Waals surface area contributed by atoms with Gasteiger partial charge in [0, 0.05) is 6.07 Å². The van der Waals surface area contributed by atoms with Crippen LogP contribution in [0.25, 0.3) is 0 Å². The number of carbonyl (C=O) groups excluding carboxylic acids is 1. The topological polar surface area (TPSA) is 47.6 Å². The normalized spacial score (nSPS) is 18.1. The van der Waals surface area contributed by atoms with Crippen LogP contribution in [0, 0.1) is 0 Å². The molecular weight excluding hydrogens is 278 g/mol. The molecule has 0 bridgehead atoms. The zero-order valence-electron chi connectivity index (χ0n) is 11.9. The summed E-state index contributed by atoms with van der Waals surface area (Å²) in [6, 6.07) is 3.22. The molecule has 4 nitrogen and oxygen atoms in total. The minimum Gasteiger partial charge on any atom is -0.493 e. The van der Waals surface area contributed by atoms with Crippen LogP contribution in [-0.4, -0.2) is 31.6 Å². The van der Waals surface area contributed by atoms with Gasteiger partial charge in [-0.3, -0.25) is 4.79 Å². The lowest BCUT2D eigenvalue weighted by molar-refractivity contribution is 0.0948. The lowest BCUT2D eigenvalue weighted by Crippen LogP contribution is -2.31. The van der Waals surface area contributed by atoms with E-state index in [4.69, 9.17) is 21.1 Å². The first-order chi connectivity index (χ1) is 9.67. The fourth-order valence-electron chi connectivity index (χ4n) is 2.36. The molecule has 2 rings (SSSR count). The summed E-state index contributed by atoms with van der Waals surface area (Å²) in [5, 5.41) is 3.68. The molecule has 1 aliphatic rings. The Morgan fingerprint density at radius 1 is 1.30 bits per heavy atom. The third-order valence-electron chi connectivity index (χ3n) is 3.28. The van der Waals surface area contributed by atoms with Gasteiger partial charge in [0.2, 0.25) is 0 Å². The fourth-order valence-corrected chi connectivity index (χ4v) is 2.57. The number of hydrogen-bond donors (Lipinski definition) is 1. The molecule has 1 aromatic carbocycles. The summed E-state index contributed by atoms with van der Waals surface area (Å²) in [5.74, 6) is 1.10. The molecule has 110 valence electrons. The molecule has 0 aromatic heterocycles. The first kappa shape index (κ1) is 15.1. The fraction of sp³-hybridized carbons (Fsp3) is 0.533. The van der Waals surface area contributed by atoms with Gasteiger partial charge in [0.25, 0.3) is 0 Å². The van der Waals surface area contributed by atoms with Crippen molar-refractivity contribution in [3.05, 3.63) is 22.7 Å². The average Bonchev–Trinajstić information content (AvgIpc) is 2.95. The average molecular weight is 298 g/mol. The third-order valence-corrected chi connectivity index (χ3v) is 3.57. The first-order valence-electron chi connectivity index (χ1n) is 7.04. The van der Waals surface area contributed by atoms with Crippen molar-refractivity contribution in [1.82, 2.24) is 5.32 Å². The van der Waals surface area contributed by atoms with Crippen molar-refractivity contribution < 1.29 is 14.3 Å². The van der Waals surface area contributed by atoms with Crippen LogP contribution in [0.4, 0.5) is 0 Å². The molecule has 1 saturated heterocycles. The van der Waals surface area contributed by atoms with Crippen LogP contribution in [0.2, 0.25) is 5.02 Å². The Kier molecular flexibility index (Phi) is 5.26. The van der Waals surface area contributed by atoms with Gasteiger partial charge in [-0.25, -0.2) is 0 Å². The van der Waals surface area contributed by atoms with Crippen molar-refractivity contribution in [2.45, 2.75) is 32.7 Å². The zero-order chi connectivity index (χ0) is 14.5. The van der Waals surface area contributed by atoms with Gasteiger partial charge in [-0.05, 0) is 39.3 Å². The Labute approximate surface area is 124 Å². The molecule has 0 radical (unpaired) electrons. The van der Waals surface area contributed by atoms with Crippen LogP contribution in [-0.2, 0) is 0 Å². The van der Waals surface area contributed by atoms with Gasteiger partial charge < -0.3 is 14.8 Å². The summed E-state index contributed by atoms with van der Waals surface area (Å²) in [4.78, 5) is 12.6. The summed E-state index contributed by atoms with van der Waals surface area (Å²) in [6.07, 6.45) is 1.88. The van der Waals surface area contributed by atoms with Crippen molar-refractivity contribution in [2.75, 3.05) is 19.8 Å². The molecule has 1 heterocycles. The second kappa shape index (κ2) is 6.95. The number of Topliss-reactive ketones (excluding diaryl/α,β-unsaturated/α-hetero) is 1. The van der Waals surface area contributed by atoms with E-state index < -0.39 is 0 Å². The third kappa shape index (κ3) is 3.25. The van der Waals surface area contributed by atoms with E-state index in [1.807, 2.05) is 13.8 Å². The Hall–Kier alpha value is -1.26. The number of halogens is 1. The van der Waals surface area contributed by atoms with E-state index in [0.717, 1.165) is 19.4 Å². The molecule has 0 spiro atoms. The maximum absolute atomic E-state index is 12.6. The van der Waals surface area contributed by atoms with Crippen LogP contribution in [0.5, 0.6) is 11.5 Å². The van der Waals surface area contributed by atoms with Crippen LogP contribution in [0.3, 0.4) is 0 Å². The van der Waals surface area contributed by atoms with E-state index >= 15 is 0 Å². The van der Waals surface area contributed by atoms with Gasteiger partial charge in [0.1, 0.15) is 11.5 Å². The number of hydrogen-bond acceptors (Lipinski definition) is 4. The lowest BCUT2D eigenvalue weighted by Gasteiger charge is -2.16. The van der Waals surface area contributed by atoms with Gasteiger partial charge >= 0.3 is 0 Å². The molecule has 0 amide bonds. The Morgan fingerprint density at radius 3 is 2.60 bits per heavy atom. The number of carbonyl (C=O) groups is 1. The van der Waals surface area contributed by atoms with E-state index in [9.17, 15) is 4.79 Å². The highest BCUT2D eigenvalue weighted by atomic mass is 35.5. The van der Waals surface area contributed by atoms with Gasteiger partial charge in [0.05, 0.1) is 29.8 Å². The number of benzene rings is 1. The van der Waals surface area contributed by atoms with Crippen molar-refractivity contribution >= 4 is 17.4 Å². The maximum Gasteiger partial charge on any atom is 0.183 e. The van der Waals surface area contributed by atoms with Crippen LogP contribution < -0.4 is 14.8 Å². The van der Waals surface area contributed by atoms with E-state index in [1.54, 1.807) is 12.1 Å². The summed E-state index contributed by atoms with van der Waals surface area (Å²) in [7, 11) is 0. The van der Waals surface area contributed by atoms with Crippen LogP contribution >= 0.6 is 11.6 Å². The molecule has 1 atom stereocenters. The van der Waals surface area contributed by atoms with E-state index in [-0.39, 0.29) is 11.8 Å². The zero-order valence-corrected chi connectivity index (χ0v) is 12.6. The molecule has 0 aliphatic carbocycles. The SMILES string of the molecule is CCOc1cc(C(=O)C2CCCN2)c(OCC)cc1Cl. The monoisotopic (exact) mass is 297 g/mol. The van der Waals surface area contributed by atoms with E-state index in [2.05, 4.69) is 5.32 Å². The van der Waals surface area contributed by atoms with E-state index in [1.165, 1.54) is 0 Å². The smallest absolute Gasteiger partial charge is 0.183 e. The summed E-state index contributed by atoms with van der Waals surface area (Å²) < 4.78 is 11.0. The predicted octanol–water partition coefficient (Wildman–Crippen LogP) is 3.07. The van der Waals surface area contributed by atoms with Gasteiger partial charge in [0.15, 0.2) is 5.78 Å². The molecule has 20 heavy (non-hydrogen) atoms. The second-order valence-electron chi connectivity index (χ2n) is 4.66. The van der Waals surface area contributed by atoms with Gasteiger partial charge in [-0.2, -0.15) is 0 Å². The quantitative estimate of drug-likeness (QED) is 0.820. The van der Waals surface area contributed by atoms with E-state index in [0.29, 0.717) is 35.3 Å². The highest BCUT2D eigenvalue weighted by molar-refractivity contribution is 6.32. The highest BCUT2D eigenvalue weighted by Gasteiger charge is 2.27. The number of nitrogens with one attached hydrogen (secondary N) is 1. The number of ketones is 1. The molecule has 1 N–H and O–H groups in total. The lowest BCUT2D eigenvalue weighted by atomic mass is 10.0. The number of ether oxygens (including phenoxy) is 2. The Balaban J connectivity index is 2.36. The molecular formula is C15H20ClNO3. The van der Waals surface area contributed by atoms with Gasteiger partial charge in [-0.15, -0.1) is 0 Å². The molecule has 5 heteroatoms. The summed E-state index contributed by atoms with van der Waals surface area (Å²) in [6.45, 7) is 5.64. The largest absolute Gasteiger partial charge is 0.493 e. The molecule has 1 aliphatic heterocycles. The minimum absolute atomic E-state index is 0.0450. The van der Waals surface area contributed by atoms with Crippen molar-refractivity contribution in [1.29, 1.82) is 0 Å². The maximum atomic E-state index is 12.6. The van der Waals surface area contributed by atoms with Crippen molar-refractivity contribution in [3.63, 3.8) is 0 Å². The Morgan fingerprint density at radius 2 is 2.00 bits per heavy atom. The first-order valence-corrected chi connectivity index (χ1v) is 7.41.